The van der Waals surface area contributed by atoms with Crippen LogP contribution in [-0.4, -0.2) is 9.97 Å². The Kier molecular flexibility index (Phi) is 4.79. The molecule has 0 aliphatic carbocycles. The number of rotatable bonds is 2. The van der Waals surface area contributed by atoms with E-state index in [0.29, 0.717) is 0 Å². The summed E-state index contributed by atoms with van der Waals surface area (Å²) in [6.45, 7) is 4.00. The minimum absolute atomic E-state index is 1.02. The third-order valence-corrected chi connectivity index (χ3v) is 4.47. The van der Waals surface area contributed by atoms with Crippen molar-refractivity contribution in [1.29, 1.82) is 0 Å². The SMILES string of the molecule is CC.c1ccc(-c2ccc3nc(-c4cccnc4)sc3c2)cc1. The highest BCUT2D eigenvalue weighted by Gasteiger charge is 2.07. The van der Waals surface area contributed by atoms with Gasteiger partial charge in [-0.15, -0.1) is 11.3 Å². The van der Waals surface area contributed by atoms with Crippen LogP contribution < -0.4 is 0 Å². The molecule has 0 aliphatic rings. The molecule has 0 amide bonds. The van der Waals surface area contributed by atoms with Gasteiger partial charge in [-0.05, 0) is 35.4 Å². The van der Waals surface area contributed by atoms with Gasteiger partial charge in [-0.25, -0.2) is 4.98 Å². The van der Waals surface area contributed by atoms with E-state index in [1.54, 1.807) is 17.5 Å². The maximum Gasteiger partial charge on any atom is 0.126 e. The summed E-state index contributed by atoms with van der Waals surface area (Å²) in [4.78, 5) is 8.86. The molecule has 4 aromatic rings. The largest absolute Gasteiger partial charge is 0.264 e. The lowest BCUT2D eigenvalue weighted by atomic mass is 10.1. The molecule has 23 heavy (non-hydrogen) atoms. The summed E-state index contributed by atoms with van der Waals surface area (Å²) in [7, 11) is 0. The fraction of sp³-hybridized carbons (Fsp3) is 0.100. The van der Waals surface area contributed by atoms with Crippen molar-refractivity contribution in [3.63, 3.8) is 0 Å². The van der Waals surface area contributed by atoms with E-state index in [9.17, 15) is 0 Å². The quantitative estimate of drug-likeness (QED) is 0.449. The first-order chi connectivity index (χ1) is 11.4. The minimum atomic E-state index is 1.02. The Balaban J connectivity index is 0.000000753. The Morgan fingerprint density at radius 3 is 2.30 bits per heavy atom. The molecule has 2 nitrogen and oxygen atoms in total. The minimum Gasteiger partial charge on any atom is -0.264 e. The van der Waals surface area contributed by atoms with Crippen molar-refractivity contribution in [3.8, 4) is 21.7 Å². The van der Waals surface area contributed by atoms with Crippen molar-refractivity contribution in [3.05, 3.63) is 73.1 Å². The predicted octanol–water partition coefficient (Wildman–Crippen LogP) is 6.05. The molecule has 4 rings (SSSR count). The first-order valence-corrected chi connectivity index (χ1v) is 8.58. The highest BCUT2D eigenvalue weighted by atomic mass is 32.1. The van der Waals surface area contributed by atoms with Crippen molar-refractivity contribution in [2.75, 3.05) is 0 Å². The Bertz CT molecular complexity index is 846. The van der Waals surface area contributed by atoms with E-state index in [2.05, 4.69) is 47.4 Å². The molecule has 0 atom stereocenters. The number of pyridine rings is 1. The van der Waals surface area contributed by atoms with E-state index in [-0.39, 0.29) is 0 Å². The van der Waals surface area contributed by atoms with Crippen LogP contribution in [0.15, 0.2) is 73.1 Å². The fourth-order valence-electron chi connectivity index (χ4n) is 2.35. The summed E-state index contributed by atoms with van der Waals surface area (Å²) in [6, 6.07) is 20.8. The second-order valence-electron chi connectivity index (χ2n) is 4.81. The molecule has 0 spiro atoms. The lowest BCUT2D eigenvalue weighted by Crippen LogP contribution is -1.77. The van der Waals surface area contributed by atoms with Crippen molar-refractivity contribution >= 4 is 21.6 Å². The Hall–Kier alpha value is -2.52. The van der Waals surface area contributed by atoms with Crippen LogP contribution in [0, 0.1) is 0 Å². The molecule has 0 fully saturated rings. The van der Waals surface area contributed by atoms with E-state index in [4.69, 9.17) is 4.98 Å². The van der Waals surface area contributed by atoms with Crippen molar-refractivity contribution in [2.24, 2.45) is 0 Å². The molecule has 2 heterocycles. The Morgan fingerprint density at radius 2 is 1.57 bits per heavy atom. The first kappa shape index (κ1) is 15.4. The summed E-state index contributed by atoms with van der Waals surface area (Å²) >= 11 is 1.71. The molecule has 0 radical (unpaired) electrons. The van der Waals surface area contributed by atoms with E-state index in [1.807, 2.05) is 38.2 Å². The van der Waals surface area contributed by atoms with Gasteiger partial charge in [0.2, 0.25) is 0 Å². The van der Waals surface area contributed by atoms with E-state index in [0.717, 1.165) is 16.1 Å². The molecule has 0 unspecified atom stereocenters. The molecule has 0 bridgehead atoms. The second-order valence-corrected chi connectivity index (χ2v) is 5.84. The van der Waals surface area contributed by atoms with Crippen LogP contribution in [-0.2, 0) is 0 Å². The molecule has 0 saturated carbocycles. The lowest BCUT2D eigenvalue weighted by Gasteiger charge is -2.00. The van der Waals surface area contributed by atoms with E-state index >= 15 is 0 Å². The molecule has 2 aromatic heterocycles. The van der Waals surface area contributed by atoms with Gasteiger partial charge in [0, 0.05) is 18.0 Å². The van der Waals surface area contributed by atoms with Crippen LogP contribution >= 0.6 is 11.3 Å². The molecule has 0 aliphatic heterocycles. The van der Waals surface area contributed by atoms with Gasteiger partial charge < -0.3 is 0 Å². The van der Waals surface area contributed by atoms with Crippen molar-refractivity contribution in [1.82, 2.24) is 9.97 Å². The van der Waals surface area contributed by atoms with Gasteiger partial charge in [-0.1, -0.05) is 50.2 Å². The van der Waals surface area contributed by atoms with Gasteiger partial charge in [-0.2, -0.15) is 0 Å². The number of thiazole rings is 1. The Morgan fingerprint density at radius 1 is 0.783 bits per heavy atom. The molecule has 114 valence electrons. The van der Waals surface area contributed by atoms with Gasteiger partial charge in [0.05, 0.1) is 10.2 Å². The number of hydrogen-bond donors (Lipinski definition) is 0. The van der Waals surface area contributed by atoms with Gasteiger partial charge in [-0.3, -0.25) is 4.98 Å². The predicted molar refractivity (Wildman–Crippen MR) is 99.6 cm³/mol. The summed E-state index contributed by atoms with van der Waals surface area (Å²) in [5.74, 6) is 0. The molecular formula is C20H18N2S. The fourth-order valence-corrected chi connectivity index (χ4v) is 3.34. The van der Waals surface area contributed by atoms with Crippen LogP contribution in [0.4, 0.5) is 0 Å². The molecule has 0 N–H and O–H groups in total. The Labute approximate surface area is 140 Å². The zero-order valence-electron chi connectivity index (χ0n) is 13.2. The molecular weight excluding hydrogens is 300 g/mol. The lowest BCUT2D eigenvalue weighted by molar-refractivity contribution is 1.32. The monoisotopic (exact) mass is 318 g/mol. The van der Waals surface area contributed by atoms with Crippen LogP contribution in [0.3, 0.4) is 0 Å². The smallest absolute Gasteiger partial charge is 0.126 e. The van der Waals surface area contributed by atoms with Crippen LogP contribution in [0.25, 0.3) is 31.9 Å². The number of aromatic nitrogens is 2. The summed E-state index contributed by atoms with van der Waals surface area (Å²) in [5.41, 5.74) is 4.57. The molecule has 0 saturated heterocycles. The molecule has 3 heteroatoms. The second kappa shape index (κ2) is 7.16. The maximum atomic E-state index is 4.70. The third-order valence-electron chi connectivity index (χ3n) is 3.40. The maximum absolute atomic E-state index is 4.70. The normalized spacial score (nSPS) is 10.2. The topological polar surface area (TPSA) is 25.8 Å². The van der Waals surface area contributed by atoms with Gasteiger partial charge in [0.25, 0.3) is 0 Å². The summed E-state index contributed by atoms with van der Waals surface area (Å²) in [5, 5.41) is 1.02. The zero-order chi connectivity index (χ0) is 16.1. The summed E-state index contributed by atoms with van der Waals surface area (Å²) in [6.07, 6.45) is 3.64. The van der Waals surface area contributed by atoms with Crippen molar-refractivity contribution < 1.29 is 0 Å². The number of fused-ring (bicyclic) bond motifs is 1. The third kappa shape index (κ3) is 3.30. The van der Waals surface area contributed by atoms with Crippen molar-refractivity contribution in [2.45, 2.75) is 13.8 Å². The molecule has 2 aromatic carbocycles. The average molecular weight is 318 g/mol. The number of hydrogen-bond acceptors (Lipinski definition) is 3. The van der Waals surface area contributed by atoms with Crippen LogP contribution in [0.5, 0.6) is 0 Å². The van der Waals surface area contributed by atoms with Gasteiger partial charge in [0.1, 0.15) is 5.01 Å². The van der Waals surface area contributed by atoms with Crippen LogP contribution in [0.1, 0.15) is 13.8 Å². The standard InChI is InChI=1S/C18H12N2S.C2H6/c1-2-5-13(6-3-1)14-8-9-16-17(11-14)21-18(20-16)15-7-4-10-19-12-15;1-2/h1-12H;1-2H3. The first-order valence-electron chi connectivity index (χ1n) is 7.76. The van der Waals surface area contributed by atoms with E-state index in [1.165, 1.54) is 15.8 Å². The highest BCUT2D eigenvalue weighted by Crippen LogP contribution is 2.32. The number of nitrogens with zero attached hydrogens (tertiary/aromatic N) is 2. The average Bonchev–Trinajstić information content (AvgIpc) is 3.08. The van der Waals surface area contributed by atoms with E-state index < -0.39 is 0 Å². The highest BCUT2D eigenvalue weighted by molar-refractivity contribution is 7.21. The zero-order valence-corrected chi connectivity index (χ0v) is 14.0. The van der Waals surface area contributed by atoms with Gasteiger partial charge in [0.15, 0.2) is 0 Å². The van der Waals surface area contributed by atoms with Gasteiger partial charge >= 0.3 is 0 Å². The summed E-state index contributed by atoms with van der Waals surface area (Å²) < 4.78 is 1.20. The number of benzene rings is 2. The van der Waals surface area contributed by atoms with Crippen LogP contribution in [0.2, 0.25) is 0 Å².